The second kappa shape index (κ2) is 10.4. The van der Waals surface area contributed by atoms with Gasteiger partial charge in [0, 0.05) is 17.1 Å². The zero-order valence-corrected chi connectivity index (χ0v) is 18.2. The predicted octanol–water partition coefficient (Wildman–Crippen LogP) is 6.45. The average molecular weight is 432 g/mol. The molecule has 0 spiro atoms. The van der Waals surface area contributed by atoms with Crippen LogP contribution in [0, 0.1) is 0 Å². The Morgan fingerprint density at radius 2 is 1.61 bits per heavy atom. The molecule has 1 fully saturated rings. The summed E-state index contributed by atoms with van der Waals surface area (Å²) in [5, 5.41) is 0.625. The highest BCUT2D eigenvalue weighted by Crippen LogP contribution is 2.25. The van der Waals surface area contributed by atoms with Crippen LogP contribution in [0.2, 0.25) is 5.02 Å². The molecule has 3 aromatic carbocycles. The lowest BCUT2D eigenvalue weighted by atomic mass is 10.1. The maximum absolute atomic E-state index is 12.5. The monoisotopic (exact) mass is 431 g/mol. The first-order chi connectivity index (χ1) is 15.2. The Bertz CT molecular complexity index is 1020. The minimum Gasteiger partial charge on any atom is -0.484 e. The fourth-order valence-corrected chi connectivity index (χ4v) is 4.01. The van der Waals surface area contributed by atoms with E-state index in [4.69, 9.17) is 16.3 Å². The van der Waals surface area contributed by atoms with Crippen molar-refractivity contribution in [3.63, 3.8) is 0 Å². The fourth-order valence-electron chi connectivity index (χ4n) is 3.81. The van der Waals surface area contributed by atoms with Crippen LogP contribution in [0.1, 0.15) is 40.4 Å². The number of ether oxygens (including phenoxy) is 1. The molecule has 0 aromatic heterocycles. The Morgan fingerprint density at radius 1 is 0.935 bits per heavy atom. The zero-order chi connectivity index (χ0) is 21.5. The Kier molecular flexibility index (Phi) is 7.18. The molecular weight excluding hydrogens is 406 g/mol. The van der Waals surface area contributed by atoms with Crippen LogP contribution in [0.4, 0.5) is 0 Å². The molecule has 1 atom stereocenters. The number of carbonyl (C=O) groups excluding carboxylic acids is 1. The van der Waals surface area contributed by atoms with Crippen LogP contribution in [0.15, 0.2) is 84.9 Å². The van der Waals surface area contributed by atoms with Gasteiger partial charge < -0.3 is 4.74 Å². The second-order valence-electron chi connectivity index (χ2n) is 7.77. The molecule has 0 saturated carbocycles. The Balaban J connectivity index is 1.44. The normalized spacial score (nSPS) is 15.3. The average Bonchev–Trinajstić information content (AvgIpc) is 3.32. The Labute approximate surface area is 188 Å². The van der Waals surface area contributed by atoms with Gasteiger partial charge in [-0.15, -0.1) is 0 Å². The number of benzene rings is 3. The number of hydrogen-bond acceptors (Lipinski definition) is 3. The summed E-state index contributed by atoms with van der Waals surface area (Å²) in [6.07, 6.45) is 5.76. The molecule has 158 valence electrons. The van der Waals surface area contributed by atoms with Gasteiger partial charge in [-0.1, -0.05) is 60.1 Å². The lowest BCUT2D eigenvalue weighted by Gasteiger charge is -2.25. The molecule has 1 heterocycles. The summed E-state index contributed by atoms with van der Waals surface area (Å²) in [6.45, 7) is 3.11. The van der Waals surface area contributed by atoms with Gasteiger partial charge in [-0.2, -0.15) is 0 Å². The summed E-state index contributed by atoms with van der Waals surface area (Å²) in [5.74, 6) is 0.697. The van der Waals surface area contributed by atoms with E-state index in [-0.39, 0.29) is 11.9 Å². The molecular formula is C27H26ClNO2. The third kappa shape index (κ3) is 5.84. The number of halogens is 1. The zero-order valence-electron chi connectivity index (χ0n) is 17.4. The summed E-state index contributed by atoms with van der Waals surface area (Å²) in [5.41, 5.74) is 2.61. The van der Waals surface area contributed by atoms with Crippen molar-refractivity contribution in [2.24, 2.45) is 0 Å². The first-order valence-corrected chi connectivity index (χ1v) is 11.1. The third-order valence-electron chi connectivity index (χ3n) is 5.53. The summed E-state index contributed by atoms with van der Waals surface area (Å²) < 4.78 is 6.35. The van der Waals surface area contributed by atoms with Gasteiger partial charge in [-0.3, -0.25) is 9.69 Å². The van der Waals surface area contributed by atoms with Crippen LogP contribution < -0.4 is 4.74 Å². The number of carbonyl (C=O) groups is 1. The van der Waals surface area contributed by atoms with Gasteiger partial charge in [0.1, 0.15) is 11.9 Å². The van der Waals surface area contributed by atoms with Gasteiger partial charge in [-0.05, 0) is 79.5 Å². The minimum absolute atomic E-state index is 0.0408. The highest BCUT2D eigenvalue weighted by molar-refractivity contribution is 6.32. The van der Waals surface area contributed by atoms with Gasteiger partial charge in [0.05, 0.1) is 0 Å². The molecule has 4 heteroatoms. The van der Waals surface area contributed by atoms with Crippen molar-refractivity contribution in [3.8, 4) is 5.75 Å². The molecule has 31 heavy (non-hydrogen) atoms. The van der Waals surface area contributed by atoms with E-state index in [1.165, 1.54) is 12.8 Å². The summed E-state index contributed by atoms with van der Waals surface area (Å²) >= 11 is 6.15. The van der Waals surface area contributed by atoms with E-state index >= 15 is 0 Å². The Hall–Kier alpha value is -2.88. The first kappa shape index (κ1) is 21.4. The van der Waals surface area contributed by atoms with E-state index in [0.717, 1.165) is 36.5 Å². The third-order valence-corrected chi connectivity index (χ3v) is 5.87. The highest BCUT2D eigenvalue weighted by atomic mass is 35.5. The topological polar surface area (TPSA) is 29.5 Å². The van der Waals surface area contributed by atoms with Gasteiger partial charge in [0.25, 0.3) is 0 Å². The highest BCUT2D eigenvalue weighted by Gasteiger charge is 2.20. The molecule has 0 N–H and O–H groups in total. The van der Waals surface area contributed by atoms with Crippen molar-refractivity contribution in [3.05, 3.63) is 107 Å². The smallest absolute Gasteiger partial charge is 0.185 e. The van der Waals surface area contributed by atoms with Crippen LogP contribution in [-0.4, -0.2) is 30.3 Å². The lowest BCUT2D eigenvalue weighted by Crippen LogP contribution is -2.28. The molecule has 0 radical (unpaired) electrons. The SMILES string of the molecule is O=C(C=Cc1ccccc1Cl)c1ccc(OC(CN2CCCC2)c2ccccc2)cc1. The van der Waals surface area contributed by atoms with Crippen LogP contribution >= 0.6 is 11.6 Å². The van der Waals surface area contributed by atoms with Gasteiger partial charge in [0.2, 0.25) is 0 Å². The quantitative estimate of drug-likeness (QED) is 0.303. The first-order valence-electron chi connectivity index (χ1n) is 10.7. The minimum atomic E-state index is -0.0665. The van der Waals surface area contributed by atoms with Crippen LogP contribution in [0.25, 0.3) is 6.08 Å². The van der Waals surface area contributed by atoms with Gasteiger partial charge in [-0.25, -0.2) is 0 Å². The fraction of sp³-hybridized carbons (Fsp3) is 0.222. The molecule has 0 amide bonds. The van der Waals surface area contributed by atoms with Crippen molar-refractivity contribution in [1.82, 2.24) is 4.90 Å². The number of hydrogen-bond donors (Lipinski definition) is 0. The maximum atomic E-state index is 12.5. The van der Waals surface area contributed by atoms with Crippen molar-refractivity contribution >= 4 is 23.5 Å². The maximum Gasteiger partial charge on any atom is 0.185 e. The standard InChI is InChI=1S/C27H26ClNO2/c28-25-11-5-4-8-21(25)14-17-26(30)22-12-15-24(16-13-22)31-27(20-29-18-6-7-19-29)23-9-2-1-3-10-23/h1-5,8-17,27H,6-7,18-20H2. The van der Waals surface area contributed by atoms with Crippen molar-refractivity contribution in [2.75, 3.05) is 19.6 Å². The summed E-state index contributed by atoms with van der Waals surface area (Å²) in [4.78, 5) is 15.0. The number of allylic oxidation sites excluding steroid dienone is 1. The molecule has 4 rings (SSSR count). The van der Waals surface area contributed by atoms with E-state index in [2.05, 4.69) is 17.0 Å². The van der Waals surface area contributed by atoms with E-state index in [1.54, 1.807) is 12.2 Å². The predicted molar refractivity (Wildman–Crippen MR) is 127 cm³/mol. The molecule has 3 nitrogen and oxygen atoms in total. The van der Waals surface area contributed by atoms with Crippen molar-refractivity contribution in [1.29, 1.82) is 0 Å². The number of rotatable bonds is 8. The van der Waals surface area contributed by atoms with Crippen LogP contribution in [0.5, 0.6) is 5.75 Å². The molecule has 1 unspecified atom stereocenters. The molecule has 3 aromatic rings. The van der Waals surface area contributed by atoms with Crippen LogP contribution in [-0.2, 0) is 0 Å². The number of nitrogens with zero attached hydrogens (tertiary/aromatic N) is 1. The van der Waals surface area contributed by atoms with Gasteiger partial charge in [0.15, 0.2) is 5.78 Å². The summed E-state index contributed by atoms with van der Waals surface area (Å²) in [6, 6.07) is 25.1. The molecule has 0 aliphatic carbocycles. The molecule has 1 aliphatic rings. The van der Waals surface area contributed by atoms with E-state index in [0.29, 0.717) is 10.6 Å². The van der Waals surface area contributed by atoms with Gasteiger partial charge >= 0.3 is 0 Å². The van der Waals surface area contributed by atoms with E-state index < -0.39 is 0 Å². The molecule has 1 aliphatic heterocycles. The van der Waals surface area contributed by atoms with Crippen molar-refractivity contribution in [2.45, 2.75) is 18.9 Å². The largest absolute Gasteiger partial charge is 0.484 e. The number of ketones is 1. The van der Waals surface area contributed by atoms with E-state index in [9.17, 15) is 4.79 Å². The summed E-state index contributed by atoms with van der Waals surface area (Å²) in [7, 11) is 0. The van der Waals surface area contributed by atoms with Crippen molar-refractivity contribution < 1.29 is 9.53 Å². The Morgan fingerprint density at radius 3 is 2.32 bits per heavy atom. The lowest BCUT2D eigenvalue weighted by molar-refractivity contribution is 0.104. The van der Waals surface area contributed by atoms with E-state index in [1.807, 2.05) is 66.7 Å². The number of likely N-dealkylation sites (tertiary alicyclic amines) is 1. The van der Waals surface area contributed by atoms with Crippen LogP contribution in [0.3, 0.4) is 0 Å². The molecule has 1 saturated heterocycles. The molecule has 0 bridgehead atoms. The second-order valence-corrected chi connectivity index (χ2v) is 8.18.